The van der Waals surface area contributed by atoms with Gasteiger partial charge in [-0.2, -0.15) is 0 Å². The first-order chi connectivity index (χ1) is 14.6. The number of hydrogen-bond acceptors (Lipinski definition) is 3. The first-order valence-electron chi connectivity index (χ1n) is 10.2. The third-order valence-corrected chi connectivity index (χ3v) is 5.13. The Morgan fingerprint density at radius 1 is 1.00 bits per heavy atom. The fourth-order valence-corrected chi connectivity index (χ4v) is 3.72. The maximum absolute atomic E-state index is 15.6. The molecule has 0 aliphatic rings. The highest BCUT2D eigenvalue weighted by Crippen LogP contribution is 2.32. The van der Waals surface area contributed by atoms with Crippen molar-refractivity contribution in [1.82, 2.24) is 9.13 Å². The number of nitrogens with zero attached hydrogens (tertiary/aromatic N) is 2. The molecular weight excluding hydrogens is 393 g/mol. The number of imidazole rings is 1. The van der Waals surface area contributed by atoms with Crippen LogP contribution < -0.4 is 16.2 Å². The average molecular weight is 420 g/mol. The van der Waals surface area contributed by atoms with E-state index in [4.69, 9.17) is 10.5 Å². The van der Waals surface area contributed by atoms with Gasteiger partial charge in [0.15, 0.2) is 5.82 Å². The fraction of sp³-hybridized carbons (Fsp3) is 0.240. The molecule has 0 aliphatic heterocycles. The van der Waals surface area contributed by atoms with E-state index in [0.717, 1.165) is 0 Å². The summed E-state index contributed by atoms with van der Waals surface area (Å²) in [6.45, 7) is 6.66. The quantitative estimate of drug-likeness (QED) is 0.440. The van der Waals surface area contributed by atoms with Crippen molar-refractivity contribution in [2.24, 2.45) is 12.5 Å². The Bertz CT molecular complexity index is 1310. The molecule has 0 amide bonds. The van der Waals surface area contributed by atoms with Gasteiger partial charge in [0.2, 0.25) is 0 Å². The zero-order chi connectivity index (χ0) is 22.3. The molecule has 1 heterocycles. The molecule has 4 rings (SSSR count). The molecule has 0 saturated carbocycles. The zero-order valence-corrected chi connectivity index (χ0v) is 18.1. The number of aryl methyl sites for hydroxylation is 1. The highest BCUT2D eigenvalue weighted by atomic mass is 19.1. The van der Waals surface area contributed by atoms with Gasteiger partial charge in [-0.15, -0.1) is 0 Å². The van der Waals surface area contributed by atoms with Crippen molar-refractivity contribution in [3.8, 4) is 22.6 Å². The molecule has 0 aliphatic carbocycles. The van der Waals surface area contributed by atoms with Crippen LogP contribution in [0.1, 0.15) is 20.8 Å². The lowest BCUT2D eigenvalue weighted by Crippen LogP contribution is -2.27. The molecule has 4 aromatic rings. The largest absolute Gasteiger partial charge is 0.457 e. The van der Waals surface area contributed by atoms with Gasteiger partial charge in [-0.05, 0) is 59.5 Å². The lowest BCUT2D eigenvalue weighted by Gasteiger charge is -2.18. The number of halogens is 1. The summed E-state index contributed by atoms with van der Waals surface area (Å²) in [5, 5.41) is 0. The molecule has 0 fully saturated rings. The van der Waals surface area contributed by atoms with Gasteiger partial charge >= 0.3 is 5.69 Å². The second-order valence-electron chi connectivity index (χ2n) is 8.98. The molecule has 2 N–H and O–H groups in total. The minimum atomic E-state index is -0.422. The van der Waals surface area contributed by atoms with Crippen LogP contribution in [0.2, 0.25) is 0 Å². The van der Waals surface area contributed by atoms with E-state index in [1.165, 1.54) is 4.57 Å². The molecule has 0 unspecified atom stereocenters. The van der Waals surface area contributed by atoms with Crippen molar-refractivity contribution < 1.29 is 9.13 Å². The van der Waals surface area contributed by atoms with Crippen LogP contribution in [0.15, 0.2) is 65.5 Å². The van der Waals surface area contributed by atoms with Gasteiger partial charge in [-0.25, -0.2) is 9.18 Å². The van der Waals surface area contributed by atoms with E-state index in [9.17, 15) is 4.79 Å². The van der Waals surface area contributed by atoms with E-state index >= 15 is 4.39 Å². The monoisotopic (exact) mass is 419 g/mol. The van der Waals surface area contributed by atoms with Gasteiger partial charge in [0.25, 0.3) is 0 Å². The summed E-state index contributed by atoms with van der Waals surface area (Å²) in [4.78, 5) is 12.8. The number of hydrogen-bond donors (Lipinski definition) is 1. The van der Waals surface area contributed by atoms with E-state index in [1.807, 2.05) is 24.3 Å². The summed E-state index contributed by atoms with van der Waals surface area (Å²) < 4.78 is 24.5. The number of rotatable bonds is 4. The minimum Gasteiger partial charge on any atom is -0.457 e. The van der Waals surface area contributed by atoms with Crippen molar-refractivity contribution in [2.45, 2.75) is 27.3 Å². The van der Waals surface area contributed by atoms with E-state index in [2.05, 4.69) is 20.8 Å². The third-order valence-electron chi connectivity index (χ3n) is 5.13. The SMILES string of the molecule is Cn1c(=O)n(CC(C)(C)C)c2ccc(-c3cccc(Oc4ccc(N)cc4)c3)c(F)c21. The lowest BCUT2D eigenvalue weighted by atomic mass is 9.97. The normalized spacial score (nSPS) is 11.8. The molecule has 160 valence electrons. The third kappa shape index (κ3) is 4.06. The number of nitrogen functional groups attached to an aromatic ring is 1. The molecule has 0 radical (unpaired) electrons. The van der Waals surface area contributed by atoms with Crippen LogP contribution in [0.4, 0.5) is 10.1 Å². The summed E-state index contributed by atoms with van der Waals surface area (Å²) in [5.74, 6) is 0.805. The topological polar surface area (TPSA) is 62.2 Å². The Labute approximate surface area is 180 Å². The predicted molar refractivity (Wildman–Crippen MR) is 123 cm³/mol. The number of benzene rings is 3. The number of anilines is 1. The molecular formula is C25H26FN3O2. The van der Waals surface area contributed by atoms with Crippen LogP contribution in [-0.2, 0) is 13.6 Å². The molecule has 0 saturated heterocycles. The van der Waals surface area contributed by atoms with Crippen LogP contribution in [-0.4, -0.2) is 9.13 Å². The average Bonchev–Trinajstić information content (AvgIpc) is 2.94. The fourth-order valence-electron chi connectivity index (χ4n) is 3.72. The number of aromatic nitrogens is 2. The molecule has 6 heteroatoms. The summed E-state index contributed by atoms with van der Waals surface area (Å²) in [7, 11) is 1.61. The maximum atomic E-state index is 15.6. The Balaban J connectivity index is 1.77. The Morgan fingerprint density at radius 3 is 2.39 bits per heavy atom. The minimum absolute atomic E-state index is 0.110. The summed E-state index contributed by atoms with van der Waals surface area (Å²) in [6, 6.07) is 17.8. The number of fused-ring (bicyclic) bond motifs is 1. The maximum Gasteiger partial charge on any atom is 0.328 e. The van der Waals surface area contributed by atoms with E-state index in [-0.39, 0.29) is 11.1 Å². The molecule has 0 spiro atoms. The predicted octanol–water partition coefficient (Wildman–Crippen LogP) is 5.57. The highest BCUT2D eigenvalue weighted by molar-refractivity contribution is 5.84. The molecule has 0 atom stereocenters. The van der Waals surface area contributed by atoms with Crippen LogP contribution in [0.3, 0.4) is 0 Å². The highest BCUT2D eigenvalue weighted by Gasteiger charge is 2.21. The van der Waals surface area contributed by atoms with Gasteiger partial charge < -0.3 is 10.5 Å². The molecule has 0 bridgehead atoms. The van der Waals surface area contributed by atoms with Crippen LogP contribution in [0.5, 0.6) is 11.5 Å². The lowest BCUT2D eigenvalue weighted by molar-refractivity contribution is 0.342. The van der Waals surface area contributed by atoms with Crippen molar-refractivity contribution in [2.75, 3.05) is 5.73 Å². The van der Waals surface area contributed by atoms with Gasteiger partial charge in [-0.3, -0.25) is 9.13 Å². The Kier molecular flexibility index (Phi) is 5.09. The summed E-state index contributed by atoms with van der Waals surface area (Å²) in [5.41, 5.74) is 8.02. The second-order valence-corrected chi connectivity index (χ2v) is 8.98. The molecule has 1 aromatic heterocycles. The number of nitrogens with two attached hydrogens (primary N) is 1. The molecule has 3 aromatic carbocycles. The molecule has 5 nitrogen and oxygen atoms in total. The van der Waals surface area contributed by atoms with E-state index in [1.54, 1.807) is 48.0 Å². The van der Waals surface area contributed by atoms with Gasteiger partial charge in [0, 0.05) is 24.8 Å². The van der Waals surface area contributed by atoms with E-state index in [0.29, 0.717) is 45.9 Å². The summed E-state index contributed by atoms with van der Waals surface area (Å²) in [6.07, 6.45) is 0. The molecule has 31 heavy (non-hydrogen) atoms. The van der Waals surface area contributed by atoms with Crippen LogP contribution >= 0.6 is 0 Å². The number of ether oxygens (including phenoxy) is 1. The zero-order valence-electron chi connectivity index (χ0n) is 18.1. The standard InChI is InChI=1S/C25H26FN3O2/c1-25(2,3)15-29-21-13-12-20(22(26)23(21)28(4)24(29)30)16-6-5-7-19(14-16)31-18-10-8-17(27)9-11-18/h5-14H,15,27H2,1-4H3. The van der Waals surface area contributed by atoms with Crippen molar-refractivity contribution >= 4 is 16.7 Å². The first kappa shape index (κ1) is 20.7. The van der Waals surface area contributed by atoms with Crippen molar-refractivity contribution in [1.29, 1.82) is 0 Å². The smallest absolute Gasteiger partial charge is 0.328 e. The summed E-state index contributed by atoms with van der Waals surface area (Å²) >= 11 is 0. The van der Waals surface area contributed by atoms with Crippen LogP contribution in [0, 0.1) is 11.2 Å². The van der Waals surface area contributed by atoms with Gasteiger partial charge in [-0.1, -0.05) is 32.9 Å². The Morgan fingerprint density at radius 2 is 1.71 bits per heavy atom. The van der Waals surface area contributed by atoms with Crippen molar-refractivity contribution in [3.63, 3.8) is 0 Å². The van der Waals surface area contributed by atoms with Gasteiger partial charge in [0.05, 0.1) is 5.52 Å². The van der Waals surface area contributed by atoms with E-state index < -0.39 is 5.82 Å². The Hall–Kier alpha value is -3.54. The van der Waals surface area contributed by atoms with Crippen LogP contribution in [0.25, 0.3) is 22.2 Å². The second kappa shape index (κ2) is 7.61. The van der Waals surface area contributed by atoms with Crippen molar-refractivity contribution in [3.05, 3.63) is 77.0 Å². The first-order valence-corrected chi connectivity index (χ1v) is 10.2. The van der Waals surface area contributed by atoms with Gasteiger partial charge in [0.1, 0.15) is 17.0 Å².